The maximum absolute atomic E-state index is 6.64. The molecule has 0 aliphatic heterocycles. The van der Waals surface area contributed by atoms with E-state index in [2.05, 4.69) is 150 Å². The molecule has 0 saturated heterocycles. The Bertz CT molecular complexity index is 3150. The number of para-hydroxylation sites is 4. The van der Waals surface area contributed by atoms with E-state index in [1.54, 1.807) is 0 Å². The van der Waals surface area contributed by atoms with Crippen LogP contribution in [0.15, 0.2) is 148 Å². The average Bonchev–Trinajstić information content (AvgIpc) is 3.90. The number of rotatable bonds is 5. The summed E-state index contributed by atoms with van der Waals surface area (Å²) in [6.45, 7) is 2.24. The van der Waals surface area contributed by atoms with Crippen LogP contribution in [0, 0.1) is 0 Å². The van der Waals surface area contributed by atoms with Gasteiger partial charge in [0.25, 0.3) is 0 Å². The van der Waals surface area contributed by atoms with Gasteiger partial charge in [0.2, 0.25) is 0 Å². The summed E-state index contributed by atoms with van der Waals surface area (Å²) in [5.74, 6) is 0. The largest absolute Gasteiger partial charge is 0.456 e. The number of unbranched alkanes of at least 4 members (excludes halogenated alkanes) is 1. The van der Waals surface area contributed by atoms with Crippen LogP contribution in [-0.2, 0) is 6.42 Å². The lowest BCUT2D eigenvalue weighted by molar-refractivity contribution is 0.666. The monoisotopic (exact) mass is 644 g/mol. The molecule has 4 heterocycles. The SMILES string of the molecule is CCCCc1ccc2c(c1)oc1cc(-n3c4ccccc4c4c3ccc3c5ccccc5n(-c5cccc6c5oc5ccccc56)c34)ccc12. The van der Waals surface area contributed by atoms with Gasteiger partial charge in [-0.15, -0.1) is 0 Å². The van der Waals surface area contributed by atoms with E-state index in [-0.39, 0.29) is 0 Å². The molecule has 0 fully saturated rings. The number of aromatic nitrogens is 2. The standard InChI is InChI=1S/C46H32N2O2/c1-2-3-11-28-20-22-32-33-23-21-29(27-43(33)49-42(32)26-28)47-38-17-8-5-14-36(38)44-39(47)25-24-34-30-12-4-7-16-37(30)48(45(34)44)40-18-10-15-35-31-13-6-9-19-41(31)50-46(35)40/h4-10,12-27H,2-3,11H2,1H3. The molecule has 7 aromatic carbocycles. The Morgan fingerprint density at radius 1 is 0.480 bits per heavy atom. The first-order valence-electron chi connectivity index (χ1n) is 17.6. The third-order valence-electron chi connectivity index (χ3n) is 10.7. The summed E-state index contributed by atoms with van der Waals surface area (Å²) in [5.41, 5.74) is 11.7. The first-order valence-corrected chi connectivity index (χ1v) is 17.6. The smallest absolute Gasteiger partial charge is 0.159 e. The highest BCUT2D eigenvalue weighted by molar-refractivity contribution is 6.26. The van der Waals surface area contributed by atoms with Crippen molar-refractivity contribution in [2.24, 2.45) is 0 Å². The van der Waals surface area contributed by atoms with Crippen LogP contribution in [0.1, 0.15) is 25.3 Å². The Kier molecular flexibility index (Phi) is 5.74. The van der Waals surface area contributed by atoms with Gasteiger partial charge >= 0.3 is 0 Å². The Hall–Kier alpha value is -6.26. The van der Waals surface area contributed by atoms with Crippen LogP contribution in [0.25, 0.3) is 98.9 Å². The van der Waals surface area contributed by atoms with Gasteiger partial charge in [0.05, 0.1) is 27.8 Å². The Balaban J connectivity index is 1.22. The molecule has 0 aliphatic rings. The highest BCUT2D eigenvalue weighted by atomic mass is 16.3. The summed E-state index contributed by atoms with van der Waals surface area (Å²) in [4.78, 5) is 0. The summed E-state index contributed by atoms with van der Waals surface area (Å²) >= 11 is 0. The fourth-order valence-electron chi connectivity index (χ4n) is 8.43. The lowest BCUT2D eigenvalue weighted by atomic mass is 10.1. The summed E-state index contributed by atoms with van der Waals surface area (Å²) in [6.07, 6.45) is 3.44. The van der Waals surface area contributed by atoms with Crippen molar-refractivity contribution in [3.63, 3.8) is 0 Å². The van der Waals surface area contributed by atoms with Crippen LogP contribution < -0.4 is 0 Å². The molecule has 11 aromatic rings. The first-order chi connectivity index (χ1) is 24.8. The van der Waals surface area contributed by atoms with Crippen LogP contribution in [0.2, 0.25) is 0 Å². The van der Waals surface area contributed by atoms with E-state index < -0.39 is 0 Å². The summed E-state index contributed by atoms with van der Waals surface area (Å²) in [5, 5.41) is 9.42. The minimum absolute atomic E-state index is 0.894. The average molecular weight is 645 g/mol. The van der Waals surface area contributed by atoms with Crippen molar-refractivity contribution >= 4 is 87.5 Å². The highest BCUT2D eigenvalue weighted by Crippen LogP contribution is 2.44. The van der Waals surface area contributed by atoms with Gasteiger partial charge in [-0.3, -0.25) is 0 Å². The van der Waals surface area contributed by atoms with Crippen molar-refractivity contribution in [1.82, 2.24) is 9.13 Å². The van der Waals surface area contributed by atoms with Crippen molar-refractivity contribution in [3.8, 4) is 11.4 Å². The zero-order valence-electron chi connectivity index (χ0n) is 27.6. The van der Waals surface area contributed by atoms with Crippen molar-refractivity contribution < 1.29 is 8.83 Å². The van der Waals surface area contributed by atoms with Crippen molar-refractivity contribution in [2.45, 2.75) is 26.2 Å². The molecule has 0 radical (unpaired) electrons. The summed E-state index contributed by atoms with van der Waals surface area (Å²) in [6, 6.07) is 50.3. The minimum Gasteiger partial charge on any atom is -0.456 e. The maximum Gasteiger partial charge on any atom is 0.159 e. The van der Waals surface area contributed by atoms with Crippen LogP contribution in [0.3, 0.4) is 0 Å². The third kappa shape index (κ3) is 3.76. The minimum atomic E-state index is 0.894. The van der Waals surface area contributed by atoms with E-state index in [4.69, 9.17) is 8.83 Å². The van der Waals surface area contributed by atoms with Gasteiger partial charge < -0.3 is 18.0 Å². The molecule has 0 spiro atoms. The Morgan fingerprint density at radius 2 is 1.16 bits per heavy atom. The molecule has 0 saturated carbocycles. The molecular formula is C46H32N2O2. The van der Waals surface area contributed by atoms with Crippen LogP contribution >= 0.6 is 0 Å². The molecule has 0 aliphatic carbocycles. The summed E-state index contributed by atoms with van der Waals surface area (Å²) < 4.78 is 18.0. The molecule has 238 valence electrons. The fourth-order valence-corrected chi connectivity index (χ4v) is 8.43. The second-order valence-corrected chi connectivity index (χ2v) is 13.5. The van der Waals surface area contributed by atoms with Gasteiger partial charge in [-0.1, -0.05) is 98.3 Å². The Morgan fingerprint density at radius 3 is 2.02 bits per heavy atom. The molecule has 0 atom stereocenters. The number of fused-ring (bicyclic) bond motifs is 13. The molecule has 0 bridgehead atoms. The molecular weight excluding hydrogens is 613 g/mol. The first kappa shape index (κ1) is 27.7. The van der Waals surface area contributed by atoms with Crippen molar-refractivity contribution in [2.75, 3.05) is 0 Å². The van der Waals surface area contributed by atoms with Gasteiger partial charge in [-0.25, -0.2) is 0 Å². The van der Waals surface area contributed by atoms with E-state index in [1.165, 1.54) is 50.9 Å². The van der Waals surface area contributed by atoms with E-state index in [1.807, 2.05) is 6.07 Å². The normalized spacial score (nSPS) is 12.3. The fraction of sp³-hybridized carbons (Fsp3) is 0.0870. The second-order valence-electron chi connectivity index (χ2n) is 13.5. The summed E-state index contributed by atoms with van der Waals surface area (Å²) in [7, 11) is 0. The third-order valence-corrected chi connectivity index (χ3v) is 10.7. The molecule has 0 unspecified atom stereocenters. The predicted octanol–water partition coefficient (Wildman–Crippen LogP) is 13.0. The predicted molar refractivity (Wildman–Crippen MR) is 208 cm³/mol. The van der Waals surface area contributed by atoms with Crippen molar-refractivity contribution in [1.29, 1.82) is 0 Å². The lowest BCUT2D eigenvalue weighted by Gasteiger charge is -2.10. The quantitative estimate of drug-likeness (QED) is 0.187. The molecule has 0 amide bonds. The number of furan rings is 2. The number of aryl methyl sites for hydroxylation is 1. The molecule has 50 heavy (non-hydrogen) atoms. The van der Waals surface area contributed by atoms with Gasteiger partial charge in [-0.05, 0) is 66.9 Å². The van der Waals surface area contributed by atoms with Crippen molar-refractivity contribution in [3.05, 3.63) is 145 Å². The number of hydrogen-bond donors (Lipinski definition) is 0. The number of nitrogens with zero attached hydrogens (tertiary/aromatic N) is 2. The van der Waals surface area contributed by atoms with Gasteiger partial charge in [-0.2, -0.15) is 0 Å². The zero-order chi connectivity index (χ0) is 32.9. The molecule has 0 N–H and O–H groups in total. The van der Waals surface area contributed by atoms with E-state index in [0.717, 1.165) is 72.8 Å². The molecule has 11 rings (SSSR count). The zero-order valence-corrected chi connectivity index (χ0v) is 27.6. The number of benzene rings is 7. The maximum atomic E-state index is 6.64. The van der Waals surface area contributed by atoms with Crippen LogP contribution in [0.4, 0.5) is 0 Å². The van der Waals surface area contributed by atoms with Crippen LogP contribution in [0.5, 0.6) is 0 Å². The highest BCUT2D eigenvalue weighted by Gasteiger charge is 2.23. The molecule has 4 heteroatoms. The number of hydrogen-bond acceptors (Lipinski definition) is 2. The lowest BCUT2D eigenvalue weighted by Crippen LogP contribution is -1.96. The topological polar surface area (TPSA) is 36.1 Å². The van der Waals surface area contributed by atoms with Gasteiger partial charge in [0.1, 0.15) is 16.7 Å². The molecule has 4 nitrogen and oxygen atoms in total. The van der Waals surface area contributed by atoms with E-state index >= 15 is 0 Å². The van der Waals surface area contributed by atoms with Crippen LogP contribution in [-0.4, -0.2) is 9.13 Å². The Labute approximate surface area is 287 Å². The molecule has 4 aromatic heterocycles. The van der Waals surface area contributed by atoms with Gasteiger partial charge in [0, 0.05) is 54.8 Å². The second kappa shape index (κ2) is 10.4. The van der Waals surface area contributed by atoms with E-state index in [9.17, 15) is 0 Å². The van der Waals surface area contributed by atoms with Gasteiger partial charge in [0.15, 0.2) is 5.58 Å². The van der Waals surface area contributed by atoms with E-state index in [0.29, 0.717) is 0 Å².